The summed E-state index contributed by atoms with van der Waals surface area (Å²) in [6, 6.07) is 95.7. The van der Waals surface area contributed by atoms with Crippen LogP contribution >= 0.6 is 0 Å². The Balaban J connectivity index is 1.13. The summed E-state index contributed by atoms with van der Waals surface area (Å²) in [7, 11) is -2.96. The third-order valence-electron chi connectivity index (χ3n) is 15.3. The maximum atomic E-state index is 10.5. The zero-order chi connectivity index (χ0) is 55.6. The van der Waals surface area contributed by atoms with E-state index in [0.717, 1.165) is 66.4 Å². The van der Waals surface area contributed by atoms with E-state index < -0.39 is 8.07 Å². The van der Waals surface area contributed by atoms with E-state index in [1.165, 1.54) is 20.7 Å². The molecule has 2 aromatic heterocycles. The van der Waals surface area contributed by atoms with Gasteiger partial charge in [-0.05, 0) is 96.6 Å². The molecule has 0 unspecified atom stereocenters. The molecule has 2 heterocycles. The maximum absolute atomic E-state index is 10.5. The van der Waals surface area contributed by atoms with Crippen LogP contribution in [0.2, 0.25) is 0 Å². The fourth-order valence-electron chi connectivity index (χ4n) is 11.5. The standard InChI is InChI=1S/C73H44N8Si/c1-76-57-35-40-62(56(42-57)48-75)54-33-37-64-65-38-34-55(63-36-31-49(47-74)41-67(63)77-2)46-69(65)81(68(64)45-54)70-44-53(32-39-66(70)73-79-71(50-19-8-3-9-20-50)78-72(80-73)51-21-10-4-11-22-51)52-23-18-30-61(43-52)82(58-24-12-5-13-25-58,59-26-14-6-15-27-59)60-28-16-7-17-29-60/h3-46H. The first-order chi connectivity index (χ1) is 40.4. The van der Waals surface area contributed by atoms with Gasteiger partial charge in [0, 0.05) is 38.6 Å². The van der Waals surface area contributed by atoms with Gasteiger partial charge in [0.2, 0.25) is 0 Å². The topological polar surface area (TPSA) is 99.9 Å². The predicted molar refractivity (Wildman–Crippen MR) is 332 cm³/mol. The summed E-state index contributed by atoms with van der Waals surface area (Å²) in [5.74, 6) is 1.49. The van der Waals surface area contributed by atoms with Gasteiger partial charge in [-0.15, -0.1) is 0 Å². The van der Waals surface area contributed by atoms with Crippen LogP contribution in [0.3, 0.4) is 0 Å². The fraction of sp³-hybridized carbons (Fsp3) is 0. The van der Waals surface area contributed by atoms with Gasteiger partial charge in [0.1, 0.15) is 0 Å². The highest BCUT2D eigenvalue weighted by Crippen LogP contribution is 2.43. The van der Waals surface area contributed by atoms with Crippen LogP contribution in [0.25, 0.3) is 105 Å². The van der Waals surface area contributed by atoms with Gasteiger partial charge in [0.15, 0.2) is 36.9 Å². The Labute approximate surface area is 475 Å². The van der Waals surface area contributed by atoms with Crippen molar-refractivity contribution in [2.75, 3.05) is 0 Å². The molecule has 0 spiro atoms. The second kappa shape index (κ2) is 21.3. The molecule has 0 amide bonds. The van der Waals surface area contributed by atoms with Crippen molar-refractivity contribution >= 4 is 62.0 Å². The van der Waals surface area contributed by atoms with Crippen molar-refractivity contribution in [1.82, 2.24) is 19.5 Å². The lowest BCUT2D eigenvalue weighted by Crippen LogP contribution is -2.74. The Morgan fingerprint density at radius 3 is 1.38 bits per heavy atom. The van der Waals surface area contributed by atoms with E-state index >= 15 is 0 Å². The third-order valence-corrected chi connectivity index (χ3v) is 20.1. The average Bonchev–Trinajstić information content (AvgIpc) is 3.05. The summed E-state index contributed by atoms with van der Waals surface area (Å²) >= 11 is 0. The Bertz CT molecular complexity index is 4500. The fourth-order valence-corrected chi connectivity index (χ4v) is 16.3. The molecule has 11 aromatic carbocycles. The van der Waals surface area contributed by atoms with Crippen LogP contribution in [-0.2, 0) is 0 Å². The zero-order valence-corrected chi connectivity index (χ0v) is 45.0. The lowest BCUT2D eigenvalue weighted by atomic mass is 9.98. The second-order valence-corrected chi connectivity index (χ2v) is 23.7. The van der Waals surface area contributed by atoms with Crippen molar-refractivity contribution in [3.8, 4) is 85.4 Å². The molecular formula is C73H44N8Si. The molecule has 0 saturated carbocycles. The average molecular weight is 1060 g/mol. The van der Waals surface area contributed by atoms with E-state index in [9.17, 15) is 10.5 Å². The molecule has 0 saturated heterocycles. The minimum atomic E-state index is -2.96. The van der Waals surface area contributed by atoms with Gasteiger partial charge in [-0.25, -0.2) is 24.6 Å². The summed E-state index contributed by atoms with van der Waals surface area (Å²) in [6.07, 6.45) is 0. The lowest BCUT2D eigenvalue weighted by Gasteiger charge is -2.34. The quantitative estimate of drug-likeness (QED) is 0.0730. The minimum absolute atomic E-state index is 0.367. The van der Waals surface area contributed by atoms with E-state index in [-0.39, 0.29) is 0 Å². The van der Waals surface area contributed by atoms with Crippen LogP contribution in [-0.4, -0.2) is 27.6 Å². The van der Waals surface area contributed by atoms with Crippen molar-refractivity contribution in [2.45, 2.75) is 0 Å². The van der Waals surface area contributed by atoms with Crippen molar-refractivity contribution in [1.29, 1.82) is 10.5 Å². The van der Waals surface area contributed by atoms with Crippen LogP contribution in [0, 0.1) is 35.8 Å². The van der Waals surface area contributed by atoms with E-state index in [4.69, 9.17) is 28.1 Å². The molecule has 0 N–H and O–H groups in total. The van der Waals surface area contributed by atoms with Gasteiger partial charge in [-0.1, -0.05) is 224 Å². The Morgan fingerprint density at radius 1 is 0.366 bits per heavy atom. The van der Waals surface area contributed by atoms with Gasteiger partial charge < -0.3 is 4.57 Å². The molecule has 0 bridgehead atoms. The first kappa shape index (κ1) is 49.9. The summed E-state index contributed by atoms with van der Waals surface area (Å²) in [4.78, 5) is 23.3. The number of nitriles is 2. The van der Waals surface area contributed by atoms with Gasteiger partial charge in [-0.2, -0.15) is 10.5 Å². The van der Waals surface area contributed by atoms with Gasteiger partial charge >= 0.3 is 0 Å². The molecular weight excluding hydrogens is 1020 g/mol. The zero-order valence-electron chi connectivity index (χ0n) is 44.0. The molecule has 0 aliphatic heterocycles. The van der Waals surface area contributed by atoms with Crippen LogP contribution in [0.5, 0.6) is 0 Å². The predicted octanol–water partition coefficient (Wildman–Crippen LogP) is 15.2. The molecule has 13 rings (SSSR count). The molecule has 0 aliphatic carbocycles. The van der Waals surface area contributed by atoms with Crippen LogP contribution in [0.1, 0.15) is 11.1 Å². The van der Waals surface area contributed by atoms with Crippen LogP contribution in [0.4, 0.5) is 11.4 Å². The highest BCUT2D eigenvalue weighted by atomic mass is 28.3. The smallest absolute Gasteiger partial charge is 0.196 e. The molecule has 0 fully saturated rings. The van der Waals surface area contributed by atoms with Crippen LogP contribution in [0.15, 0.2) is 267 Å². The summed E-state index contributed by atoms with van der Waals surface area (Å²) < 4.78 is 2.26. The monoisotopic (exact) mass is 1060 g/mol. The van der Waals surface area contributed by atoms with Crippen molar-refractivity contribution < 1.29 is 0 Å². The number of fused-ring (bicyclic) bond motifs is 3. The Morgan fingerprint density at radius 2 is 0.841 bits per heavy atom. The van der Waals surface area contributed by atoms with E-state index in [2.05, 4.69) is 184 Å². The van der Waals surface area contributed by atoms with Crippen molar-refractivity contribution in [2.24, 2.45) is 0 Å². The number of rotatable bonds is 11. The number of hydrogen-bond acceptors (Lipinski definition) is 5. The number of hydrogen-bond donors (Lipinski definition) is 0. The Kier molecular flexibility index (Phi) is 13.0. The largest absolute Gasteiger partial charge is 0.308 e. The number of nitrogens with zero attached hydrogens (tertiary/aromatic N) is 8. The maximum Gasteiger partial charge on any atom is 0.196 e. The van der Waals surface area contributed by atoms with E-state index in [1.54, 1.807) is 24.3 Å². The summed E-state index contributed by atoms with van der Waals surface area (Å²) in [5, 5.41) is 27.3. The van der Waals surface area contributed by atoms with Crippen molar-refractivity contribution in [3.05, 3.63) is 301 Å². The van der Waals surface area contributed by atoms with Crippen LogP contribution < -0.4 is 20.7 Å². The van der Waals surface area contributed by atoms with E-state index in [0.29, 0.717) is 51.1 Å². The van der Waals surface area contributed by atoms with Gasteiger partial charge in [0.05, 0.1) is 42.0 Å². The van der Waals surface area contributed by atoms with Crippen molar-refractivity contribution in [3.63, 3.8) is 0 Å². The molecule has 9 heteroatoms. The highest BCUT2D eigenvalue weighted by molar-refractivity contribution is 7.19. The molecule has 380 valence electrons. The SMILES string of the molecule is [C-]#[N+]c1ccc(-c2ccc3c4ccc(-c5ccc(C#N)cc5[N+]#[C-])cc4n(-c4cc(-c5cccc([Si](c6ccccc6)(c6ccccc6)c6ccccc6)c5)ccc4-c4nc(-c5ccccc5)nc(-c5ccccc5)n4)c3c2)c(C#N)c1. The number of aromatic nitrogens is 4. The molecule has 8 nitrogen and oxygen atoms in total. The minimum Gasteiger partial charge on any atom is -0.308 e. The summed E-state index contributed by atoms with van der Waals surface area (Å²) in [6.45, 7) is 16.0. The second-order valence-electron chi connectivity index (χ2n) is 19.9. The molecule has 13 aromatic rings. The molecule has 0 radical (unpaired) electrons. The van der Waals surface area contributed by atoms with Gasteiger partial charge in [-0.3, -0.25) is 0 Å². The first-order valence-electron chi connectivity index (χ1n) is 26.7. The highest BCUT2D eigenvalue weighted by Gasteiger charge is 2.41. The number of benzene rings is 11. The normalized spacial score (nSPS) is 11.1. The first-order valence-corrected chi connectivity index (χ1v) is 28.7. The van der Waals surface area contributed by atoms with Gasteiger partial charge in [0.25, 0.3) is 0 Å². The lowest BCUT2D eigenvalue weighted by molar-refractivity contribution is 1.06. The Hall–Kier alpha value is -11.6. The third kappa shape index (κ3) is 8.85. The molecule has 0 aliphatic rings. The molecule has 0 atom stereocenters. The summed E-state index contributed by atoms with van der Waals surface area (Å²) in [5.41, 5.74) is 11.3. The van der Waals surface area contributed by atoms with E-state index in [1.807, 2.05) is 84.9 Å². The molecule has 82 heavy (non-hydrogen) atoms.